The van der Waals surface area contributed by atoms with Gasteiger partial charge in [0.15, 0.2) is 5.82 Å². The highest BCUT2D eigenvalue weighted by atomic mass is 79.9. The Morgan fingerprint density at radius 2 is 1.94 bits per heavy atom. The number of aromatic nitrogens is 2. The Morgan fingerprint density at radius 3 is 2.61 bits per heavy atom. The van der Waals surface area contributed by atoms with Crippen molar-refractivity contribution in [2.24, 2.45) is 5.92 Å². The number of hydrogen-bond donors (Lipinski definition) is 4. The van der Waals surface area contributed by atoms with Gasteiger partial charge in [-0.15, -0.1) is 0 Å². The second kappa shape index (κ2) is 14.1. The van der Waals surface area contributed by atoms with E-state index in [0.717, 1.165) is 43.9 Å². The first-order chi connectivity index (χ1) is 17.4. The summed E-state index contributed by atoms with van der Waals surface area (Å²) < 4.78 is 0.692. The largest absolute Gasteiger partial charge is 0.356 e. The summed E-state index contributed by atoms with van der Waals surface area (Å²) >= 11 is 3.46. The maximum absolute atomic E-state index is 12.2. The summed E-state index contributed by atoms with van der Waals surface area (Å²) in [6.07, 6.45) is 8.10. The number of carbonyl (C=O) groups is 1. The van der Waals surface area contributed by atoms with Crippen LogP contribution >= 0.6 is 15.9 Å². The van der Waals surface area contributed by atoms with Crippen molar-refractivity contribution in [2.45, 2.75) is 52.9 Å². The standard InChI is InChI=1S/C27H38BrN7O/c1-4-35(5-2)16-6-15-30-25(36)14-9-20-7-12-22(13-8-20)32-27-31-18-23(28)26(34-27)33-24(29)17-19(3)21-10-11-21/h7-8,12-13,17-18,21H,4-6,9-11,14-16H2,1-3H3,(H,30,36)(H3,29,31,32,33,34)/b19-17+. The van der Waals surface area contributed by atoms with Gasteiger partial charge < -0.3 is 20.9 Å². The molecule has 36 heavy (non-hydrogen) atoms. The van der Waals surface area contributed by atoms with Gasteiger partial charge in [0.25, 0.3) is 0 Å². The fourth-order valence-electron chi connectivity index (χ4n) is 3.86. The number of nitrogens with zero attached hydrogens (tertiary/aromatic N) is 3. The van der Waals surface area contributed by atoms with Gasteiger partial charge in [0, 0.05) is 24.8 Å². The second-order valence-corrected chi connectivity index (χ2v) is 10.00. The molecule has 1 amide bonds. The van der Waals surface area contributed by atoms with Gasteiger partial charge in [0.05, 0.1) is 4.47 Å². The van der Waals surface area contributed by atoms with Crippen LogP contribution < -0.4 is 16.0 Å². The number of anilines is 3. The Kier molecular flexibility index (Phi) is 10.9. The average molecular weight is 557 g/mol. The number of hydrogen-bond acceptors (Lipinski definition) is 6. The van der Waals surface area contributed by atoms with Crippen LogP contribution in [0, 0.1) is 11.3 Å². The highest BCUT2D eigenvalue weighted by molar-refractivity contribution is 9.10. The van der Waals surface area contributed by atoms with Gasteiger partial charge in [-0.25, -0.2) is 4.98 Å². The summed E-state index contributed by atoms with van der Waals surface area (Å²) in [5.74, 6) is 2.00. The number of rotatable bonds is 14. The van der Waals surface area contributed by atoms with E-state index >= 15 is 0 Å². The first-order valence-electron chi connectivity index (χ1n) is 12.8. The quantitative estimate of drug-likeness (QED) is 0.139. The molecular formula is C27H38BrN7O. The molecule has 1 aliphatic rings. The van der Waals surface area contributed by atoms with Gasteiger partial charge in [-0.05, 0) is 97.9 Å². The summed E-state index contributed by atoms with van der Waals surface area (Å²) in [5, 5.41) is 17.5. The zero-order valence-electron chi connectivity index (χ0n) is 21.5. The first-order valence-corrected chi connectivity index (χ1v) is 13.6. The fraction of sp³-hybridized carbons (Fsp3) is 0.481. The van der Waals surface area contributed by atoms with Gasteiger partial charge in [-0.1, -0.05) is 31.6 Å². The van der Waals surface area contributed by atoms with E-state index in [1.54, 1.807) is 6.20 Å². The molecule has 2 aromatic rings. The van der Waals surface area contributed by atoms with Gasteiger partial charge in [-0.3, -0.25) is 10.2 Å². The van der Waals surface area contributed by atoms with E-state index in [2.05, 4.69) is 67.5 Å². The van der Waals surface area contributed by atoms with Crippen molar-refractivity contribution in [3.8, 4) is 0 Å². The van der Waals surface area contributed by atoms with Crippen LogP contribution in [0.2, 0.25) is 0 Å². The van der Waals surface area contributed by atoms with Gasteiger partial charge in [0.2, 0.25) is 11.9 Å². The fourth-order valence-corrected chi connectivity index (χ4v) is 4.15. The summed E-state index contributed by atoms with van der Waals surface area (Å²) in [5.41, 5.74) is 3.18. The predicted octanol–water partition coefficient (Wildman–Crippen LogP) is 5.51. The van der Waals surface area contributed by atoms with Crippen LogP contribution in [0.1, 0.15) is 52.0 Å². The van der Waals surface area contributed by atoms with Crippen molar-refractivity contribution >= 4 is 45.1 Å². The molecule has 3 rings (SSSR count). The van der Waals surface area contributed by atoms with Crippen LogP contribution in [0.3, 0.4) is 0 Å². The van der Waals surface area contributed by atoms with E-state index in [1.165, 1.54) is 18.4 Å². The molecule has 1 heterocycles. The van der Waals surface area contributed by atoms with Crippen LogP contribution in [0.5, 0.6) is 0 Å². The number of carbonyl (C=O) groups excluding carboxylic acids is 1. The van der Waals surface area contributed by atoms with Crippen LogP contribution in [-0.2, 0) is 11.2 Å². The van der Waals surface area contributed by atoms with Crippen molar-refractivity contribution in [1.82, 2.24) is 20.2 Å². The molecule has 0 aliphatic heterocycles. The van der Waals surface area contributed by atoms with Crippen molar-refractivity contribution in [3.63, 3.8) is 0 Å². The molecule has 0 atom stereocenters. The Hall–Kier alpha value is -2.78. The molecule has 4 N–H and O–H groups in total. The number of nitrogens with one attached hydrogen (secondary N) is 4. The minimum atomic E-state index is 0.0905. The van der Waals surface area contributed by atoms with E-state index < -0.39 is 0 Å². The normalized spacial score (nSPS) is 13.5. The SMILES string of the molecule is CCN(CC)CCCNC(=O)CCc1ccc(Nc2ncc(Br)c(NC(=N)/C=C(\C)C3CC3)n2)cc1. The summed E-state index contributed by atoms with van der Waals surface area (Å²) in [7, 11) is 0. The lowest BCUT2D eigenvalue weighted by Crippen LogP contribution is -2.30. The Bertz CT molecular complexity index is 1050. The molecule has 9 heteroatoms. The van der Waals surface area contributed by atoms with Crippen LogP contribution in [0.15, 0.2) is 46.6 Å². The third-order valence-corrected chi connectivity index (χ3v) is 6.89. The van der Waals surface area contributed by atoms with Gasteiger partial charge in [0.1, 0.15) is 5.84 Å². The molecule has 0 unspecified atom stereocenters. The van der Waals surface area contributed by atoms with Crippen molar-refractivity contribution in [3.05, 3.63) is 52.1 Å². The zero-order chi connectivity index (χ0) is 25.9. The number of allylic oxidation sites excluding steroid dienone is 1. The van der Waals surface area contributed by atoms with E-state index in [0.29, 0.717) is 40.8 Å². The third-order valence-electron chi connectivity index (χ3n) is 6.31. The number of halogens is 1. The topological polar surface area (TPSA) is 106 Å². The molecule has 1 aromatic carbocycles. The number of benzene rings is 1. The van der Waals surface area contributed by atoms with E-state index in [9.17, 15) is 4.79 Å². The third kappa shape index (κ3) is 9.35. The molecule has 1 fully saturated rings. The van der Waals surface area contributed by atoms with Crippen LogP contribution in [0.4, 0.5) is 17.5 Å². The summed E-state index contributed by atoms with van der Waals surface area (Å²) in [6, 6.07) is 7.93. The highest BCUT2D eigenvalue weighted by Gasteiger charge is 2.23. The highest BCUT2D eigenvalue weighted by Crippen LogP contribution is 2.36. The van der Waals surface area contributed by atoms with Crippen molar-refractivity contribution < 1.29 is 4.79 Å². The zero-order valence-corrected chi connectivity index (χ0v) is 23.1. The number of aryl methyl sites for hydroxylation is 1. The Labute approximate surface area is 223 Å². The number of amides is 1. The Morgan fingerprint density at radius 1 is 1.22 bits per heavy atom. The smallest absolute Gasteiger partial charge is 0.229 e. The van der Waals surface area contributed by atoms with E-state index in [4.69, 9.17) is 5.41 Å². The molecule has 1 aromatic heterocycles. The average Bonchev–Trinajstić information content (AvgIpc) is 3.71. The van der Waals surface area contributed by atoms with Crippen LogP contribution in [0.25, 0.3) is 0 Å². The summed E-state index contributed by atoms with van der Waals surface area (Å²) in [6.45, 7) is 10.2. The molecule has 0 spiro atoms. The molecule has 0 radical (unpaired) electrons. The number of amidine groups is 1. The van der Waals surface area contributed by atoms with Gasteiger partial charge in [-0.2, -0.15) is 4.98 Å². The minimum Gasteiger partial charge on any atom is -0.356 e. The maximum atomic E-state index is 12.2. The molecule has 1 aliphatic carbocycles. The molecular weight excluding hydrogens is 518 g/mol. The first kappa shape index (κ1) is 27.8. The lowest BCUT2D eigenvalue weighted by molar-refractivity contribution is -0.121. The maximum Gasteiger partial charge on any atom is 0.229 e. The lowest BCUT2D eigenvalue weighted by atomic mass is 10.1. The second-order valence-electron chi connectivity index (χ2n) is 9.14. The monoisotopic (exact) mass is 555 g/mol. The molecule has 1 saturated carbocycles. The molecule has 0 bridgehead atoms. The molecule has 194 valence electrons. The minimum absolute atomic E-state index is 0.0905. The molecule has 8 nitrogen and oxygen atoms in total. The lowest BCUT2D eigenvalue weighted by Gasteiger charge is -2.17. The predicted molar refractivity (Wildman–Crippen MR) is 151 cm³/mol. The molecule has 0 saturated heterocycles. The van der Waals surface area contributed by atoms with Crippen molar-refractivity contribution in [2.75, 3.05) is 36.8 Å². The summed E-state index contributed by atoms with van der Waals surface area (Å²) in [4.78, 5) is 23.4. The Balaban J connectivity index is 1.45. The van der Waals surface area contributed by atoms with E-state index in [1.807, 2.05) is 30.3 Å². The van der Waals surface area contributed by atoms with Crippen LogP contribution in [-0.4, -0.2) is 52.8 Å². The van der Waals surface area contributed by atoms with Gasteiger partial charge >= 0.3 is 0 Å². The van der Waals surface area contributed by atoms with Crippen molar-refractivity contribution in [1.29, 1.82) is 5.41 Å². The van der Waals surface area contributed by atoms with E-state index in [-0.39, 0.29) is 5.91 Å².